The molecule has 0 amide bonds. The number of hydrogen-bond donors (Lipinski definition) is 1. The maximum atomic E-state index is 13.4. The predicted octanol–water partition coefficient (Wildman–Crippen LogP) is 3.47. The van der Waals surface area contributed by atoms with E-state index < -0.39 is 27.8 Å². The van der Waals surface area contributed by atoms with E-state index in [1.807, 2.05) is 0 Å². The van der Waals surface area contributed by atoms with E-state index in [9.17, 15) is 18.0 Å². The molecule has 3 rings (SSSR count). The van der Waals surface area contributed by atoms with Gasteiger partial charge in [-0.3, -0.25) is 4.79 Å². The molecular weight excluding hydrogens is 420 g/mol. The van der Waals surface area contributed by atoms with E-state index in [0.29, 0.717) is 17.0 Å². The molecule has 0 aliphatic heterocycles. The summed E-state index contributed by atoms with van der Waals surface area (Å²) in [6.45, 7) is 4.68. The Labute approximate surface area is 180 Å². The van der Waals surface area contributed by atoms with Gasteiger partial charge in [-0.2, -0.15) is 4.31 Å². The third kappa shape index (κ3) is 4.33. The molecule has 31 heavy (non-hydrogen) atoms. The number of aromatic amines is 1. The highest BCUT2D eigenvalue weighted by Gasteiger charge is 2.36. The SMILES string of the molecule is COC(=O)c1[nH]c(C)c(C(=O)[C@H](C)N(Cc2ccco2)S(=O)(=O)c2ccccc2)c1C. The molecule has 0 bridgehead atoms. The number of ether oxygens (including phenoxy) is 1. The first-order valence-corrected chi connectivity index (χ1v) is 11.0. The van der Waals surface area contributed by atoms with Crippen LogP contribution in [-0.2, 0) is 21.3 Å². The Bertz CT molecular complexity index is 1180. The number of carbonyl (C=O) groups is 2. The zero-order valence-corrected chi connectivity index (χ0v) is 18.5. The number of H-pyrrole nitrogens is 1. The van der Waals surface area contributed by atoms with Crippen LogP contribution < -0.4 is 0 Å². The third-order valence-electron chi connectivity index (χ3n) is 5.13. The van der Waals surface area contributed by atoms with Gasteiger partial charge in [0.25, 0.3) is 0 Å². The Balaban J connectivity index is 2.05. The third-order valence-corrected chi connectivity index (χ3v) is 7.06. The minimum Gasteiger partial charge on any atom is -0.468 e. The second-order valence-electron chi connectivity index (χ2n) is 7.10. The first-order valence-electron chi connectivity index (χ1n) is 9.59. The number of ketones is 1. The van der Waals surface area contributed by atoms with Gasteiger partial charge in [0.05, 0.1) is 30.9 Å². The molecule has 0 spiro atoms. The van der Waals surface area contributed by atoms with E-state index in [1.165, 1.54) is 32.4 Å². The lowest BCUT2D eigenvalue weighted by atomic mass is 10.0. The number of Topliss-reactive ketones (excluding diaryl/α,β-unsaturated/α-hetero) is 1. The summed E-state index contributed by atoms with van der Waals surface area (Å²) in [6.07, 6.45) is 1.44. The van der Waals surface area contributed by atoms with Gasteiger partial charge in [0.1, 0.15) is 11.5 Å². The molecule has 0 fully saturated rings. The molecule has 1 aromatic carbocycles. The van der Waals surface area contributed by atoms with Crippen LogP contribution in [0.2, 0.25) is 0 Å². The van der Waals surface area contributed by atoms with Crippen LogP contribution >= 0.6 is 0 Å². The van der Waals surface area contributed by atoms with E-state index in [4.69, 9.17) is 9.15 Å². The zero-order chi connectivity index (χ0) is 22.8. The topological polar surface area (TPSA) is 110 Å². The fourth-order valence-electron chi connectivity index (χ4n) is 3.48. The summed E-state index contributed by atoms with van der Waals surface area (Å²) in [5, 5.41) is 0. The second kappa shape index (κ2) is 8.91. The van der Waals surface area contributed by atoms with E-state index in [2.05, 4.69) is 4.98 Å². The summed E-state index contributed by atoms with van der Waals surface area (Å²) >= 11 is 0. The molecule has 8 nitrogen and oxygen atoms in total. The van der Waals surface area contributed by atoms with Gasteiger partial charge in [0, 0.05) is 11.3 Å². The predicted molar refractivity (Wildman–Crippen MR) is 113 cm³/mol. The average Bonchev–Trinajstić information content (AvgIpc) is 3.38. The van der Waals surface area contributed by atoms with Crippen LogP contribution in [0.25, 0.3) is 0 Å². The molecule has 0 unspecified atom stereocenters. The van der Waals surface area contributed by atoms with Crippen LogP contribution in [0.3, 0.4) is 0 Å². The van der Waals surface area contributed by atoms with Crippen molar-refractivity contribution < 1.29 is 27.2 Å². The van der Waals surface area contributed by atoms with Crippen molar-refractivity contribution in [2.75, 3.05) is 7.11 Å². The number of nitrogens with one attached hydrogen (secondary N) is 1. The molecule has 0 saturated carbocycles. The Morgan fingerprint density at radius 2 is 1.81 bits per heavy atom. The van der Waals surface area contributed by atoms with Crippen molar-refractivity contribution in [3.8, 4) is 0 Å². The molecule has 0 aliphatic carbocycles. The zero-order valence-electron chi connectivity index (χ0n) is 17.7. The van der Waals surface area contributed by atoms with Gasteiger partial charge in [0.2, 0.25) is 10.0 Å². The highest BCUT2D eigenvalue weighted by atomic mass is 32.2. The van der Waals surface area contributed by atoms with Crippen molar-refractivity contribution in [2.24, 2.45) is 0 Å². The fraction of sp³-hybridized carbons (Fsp3) is 0.273. The summed E-state index contributed by atoms with van der Waals surface area (Å²) in [5.74, 6) is -0.638. The number of nitrogens with zero attached hydrogens (tertiary/aromatic N) is 1. The highest BCUT2D eigenvalue weighted by Crippen LogP contribution is 2.26. The lowest BCUT2D eigenvalue weighted by Crippen LogP contribution is -2.43. The molecule has 0 radical (unpaired) electrons. The summed E-state index contributed by atoms with van der Waals surface area (Å²) in [7, 11) is -2.77. The second-order valence-corrected chi connectivity index (χ2v) is 8.99. The number of rotatable bonds is 8. The molecule has 0 saturated heterocycles. The van der Waals surface area contributed by atoms with Crippen LogP contribution in [0.4, 0.5) is 0 Å². The fourth-order valence-corrected chi connectivity index (χ4v) is 5.06. The Hall–Kier alpha value is -3.17. The first kappa shape index (κ1) is 22.5. The number of sulfonamides is 1. The summed E-state index contributed by atoms with van der Waals surface area (Å²) in [6, 6.07) is 10.1. The number of benzene rings is 1. The lowest BCUT2D eigenvalue weighted by Gasteiger charge is -2.27. The number of esters is 1. The quantitative estimate of drug-likeness (QED) is 0.421. The largest absolute Gasteiger partial charge is 0.468 e. The molecule has 9 heteroatoms. The Morgan fingerprint density at radius 3 is 2.39 bits per heavy atom. The van der Waals surface area contributed by atoms with Crippen LogP contribution in [-0.4, -0.2) is 42.6 Å². The number of furan rings is 1. The monoisotopic (exact) mass is 444 g/mol. The van der Waals surface area contributed by atoms with Crippen LogP contribution in [0, 0.1) is 13.8 Å². The van der Waals surface area contributed by atoms with Gasteiger partial charge >= 0.3 is 5.97 Å². The van der Waals surface area contributed by atoms with E-state index in [0.717, 1.165) is 4.31 Å². The first-order chi connectivity index (χ1) is 14.7. The van der Waals surface area contributed by atoms with Crippen molar-refractivity contribution in [2.45, 2.75) is 38.3 Å². The molecule has 164 valence electrons. The molecule has 2 heterocycles. The van der Waals surface area contributed by atoms with Gasteiger partial charge in [0.15, 0.2) is 5.78 Å². The standard InChI is InChI=1S/C22H24N2O6S/c1-14-19(15(2)23-20(14)22(26)29-4)21(25)16(3)24(13-17-9-8-12-30-17)31(27,28)18-10-6-5-7-11-18/h5-12,16,23H,13H2,1-4H3/t16-/m0/s1. The normalized spacial score (nSPS) is 12.7. The number of aromatic nitrogens is 1. The Morgan fingerprint density at radius 1 is 1.13 bits per heavy atom. The maximum absolute atomic E-state index is 13.4. The number of hydrogen-bond acceptors (Lipinski definition) is 6. The van der Waals surface area contributed by atoms with Gasteiger partial charge in [-0.15, -0.1) is 0 Å². The number of carbonyl (C=O) groups excluding carboxylic acids is 2. The van der Waals surface area contributed by atoms with E-state index >= 15 is 0 Å². The summed E-state index contributed by atoms with van der Waals surface area (Å²) in [5.41, 5.74) is 1.31. The molecule has 1 atom stereocenters. The van der Waals surface area contributed by atoms with Crippen molar-refractivity contribution in [3.05, 3.63) is 77.0 Å². The van der Waals surface area contributed by atoms with Crippen LogP contribution in [0.5, 0.6) is 0 Å². The van der Waals surface area contributed by atoms with Gasteiger partial charge in [-0.05, 0) is 50.6 Å². The van der Waals surface area contributed by atoms with Crippen molar-refractivity contribution in [3.63, 3.8) is 0 Å². The number of aryl methyl sites for hydroxylation is 1. The highest BCUT2D eigenvalue weighted by molar-refractivity contribution is 7.89. The van der Waals surface area contributed by atoms with Gasteiger partial charge in [-0.1, -0.05) is 18.2 Å². The average molecular weight is 445 g/mol. The smallest absolute Gasteiger partial charge is 0.354 e. The molecular formula is C22H24N2O6S. The molecule has 2 aromatic heterocycles. The number of methoxy groups -OCH3 is 1. The molecule has 1 N–H and O–H groups in total. The minimum absolute atomic E-state index is 0.0685. The lowest BCUT2D eigenvalue weighted by molar-refractivity contribution is 0.0594. The summed E-state index contributed by atoms with van der Waals surface area (Å²) in [4.78, 5) is 28.4. The van der Waals surface area contributed by atoms with Crippen LogP contribution in [0.1, 0.15) is 44.8 Å². The minimum atomic E-state index is -4.02. The van der Waals surface area contributed by atoms with Crippen LogP contribution in [0.15, 0.2) is 58.0 Å². The van der Waals surface area contributed by atoms with Crippen molar-refractivity contribution in [1.82, 2.24) is 9.29 Å². The molecule has 0 aliphatic rings. The van der Waals surface area contributed by atoms with Crippen molar-refractivity contribution >= 4 is 21.8 Å². The summed E-state index contributed by atoms with van der Waals surface area (Å²) < 4.78 is 38.0. The maximum Gasteiger partial charge on any atom is 0.354 e. The Kier molecular flexibility index (Phi) is 6.47. The molecule has 3 aromatic rings. The van der Waals surface area contributed by atoms with Gasteiger partial charge in [-0.25, -0.2) is 13.2 Å². The van der Waals surface area contributed by atoms with E-state index in [1.54, 1.807) is 44.2 Å². The van der Waals surface area contributed by atoms with E-state index in [-0.39, 0.29) is 22.7 Å². The van der Waals surface area contributed by atoms with Crippen molar-refractivity contribution in [1.29, 1.82) is 0 Å². The van der Waals surface area contributed by atoms with Gasteiger partial charge < -0.3 is 14.1 Å².